The van der Waals surface area contributed by atoms with Gasteiger partial charge in [0, 0.05) is 38.2 Å². The predicted molar refractivity (Wildman–Crippen MR) is 66.0 cm³/mol. The van der Waals surface area contributed by atoms with Gasteiger partial charge in [-0.15, -0.1) is 0 Å². The molecule has 3 rings (SSSR count). The fraction of sp³-hybridized carbons (Fsp3) is 0.500. The average Bonchev–Trinajstić information content (AvgIpc) is 2.74. The number of rotatable bonds is 2. The van der Waals surface area contributed by atoms with Crippen molar-refractivity contribution in [2.75, 3.05) is 18.5 Å². The molecule has 0 aromatic carbocycles. The van der Waals surface area contributed by atoms with Crippen LogP contribution in [-0.4, -0.2) is 34.0 Å². The molecule has 0 radical (unpaired) electrons. The highest BCUT2D eigenvalue weighted by molar-refractivity contribution is 5.88. The second kappa shape index (κ2) is 4.33. The molecule has 1 fully saturated rings. The quantitative estimate of drug-likeness (QED) is 0.853. The number of nitrogens with zero attached hydrogens (tertiary/aromatic N) is 3. The number of anilines is 1. The second-order valence-electron chi connectivity index (χ2n) is 4.39. The van der Waals surface area contributed by atoms with Crippen molar-refractivity contribution in [3.05, 3.63) is 18.5 Å². The zero-order chi connectivity index (χ0) is 11.7. The zero-order valence-electron chi connectivity index (χ0n) is 9.89. The maximum atomic E-state index is 5.36. The first-order valence-electron chi connectivity index (χ1n) is 5.95. The van der Waals surface area contributed by atoms with E-state index in [4.69, 9.17) is 4.74 Å². The molecule has 0 atom stereocenters. The smallest absolute Gasteiger partial charge is 0.159 e. The molecule has 0 saturated carbocycles. The minimum atomic E-state index is 0.495. The number of ether oxygens (including phenoxy) is 1. The number of pyridine rings is 1. The van der Waals surface area contributed by atoms with Crippen LogP contribution in [0.3, 0.4) is 0 Å². The van der Waals surface area contributed by atoms with E-state index in [-0.39, 0.29) is 0 Å². The molecule has 0 bridgehead atoms. The van der Waals surface area contributed by atoms with E-state index in [1.165, 1.54) is 0 Å². The van der Waals surface area contributed by atoms with Gasteiger partial charge in [-0.2, -0.15) is 5.10 Å². The van der Waals surface area contributed by atoms with Crippen LogP contribution >= 0.6 is 0 Å². The Hall–Kier alpha value is -1.62. The summed E-state index contributed by atoms with van der Waals surface area (Å²) in [6, 6.07) is 2.51. The normalized spacial score (nSPS) is 17.5. The fourth-order valence-electron chi connectivity index (χ4n) is 2.23. The van der Waals surface area contributed by atoms with Gasteiger partial charge in [-0.05, 0) is 18.9 Å². The Kier molecular flexibility index (Phi) is 2.68. The Balaban J connectivity index is 1.89. The van der Waals surface area contributed by atoms with Crippen LogP contribution in [0.25, 0.3) is 11.0 Å². The molecule has 0 amide bonds. The van der Waals surface area contributed by atoms with Crippen LogP contribution < -0.4 is 5.32 Å². The summed E-state index contributed by atoms with van der Waals surface area (Å²) >= 11 is 0. The van der Waals surface area contributed by atoms with Crippen LogP contribution in [0.1, 0.15) is 12.8 Å². The molecule has 5 heteroatoms. The lowest BCUT2D eigenvalue weighted by molar-refractivity contribution is 0.0905. The molecule has 90 valence electrons. The second-order valence-corrected chi connectivity index (χ2v) is 4.39. The molecule has 1 aliphatic heterocycles. The standard InChI is InChI=1S/C12H16N4O/c1-16-12-10(8-14-16)11(2-5-13-12)15-9-3-6-17-7-4-9/h2,5,8-9H,3-4,6-7H2,1H3,(H,13,15). The Morgan fingerprint density at radius 3 is 3.06 bits per heavy atom. The van der Waals surface area contributed by atoms with Crippen molar-refractivity contribution in [3.63, 3.8) is 0 Å². The van der Waals surface area contributed by atoms with Gasteiger partial charge in [0.15, 0.2) is 5.65 Å². The van der Waals surface area contributed by atoms with E-state index in [9.17, 15) is 0 Å². The Bertz CT molecular complexity index is 516. The minimum absolute atomic E-state index is 0.495. The van der Waals surface area contributed by atoms with Gasteiger partial charge in [0.1, 0.15) is 0 Å². The minimum Gasteiger partial charge on any atom is -0.381 e. The van der Waals surface area contributed by atoms with E-state index in [1.54, 1.807) is 4.68 Å². The zero-order valence-corrected chi connectivity index (χ0v) is 9.89. The Labute approximate surface area is 99.8 Å². The molecule has 1 aliphatic rings. The first-order chi connectivity index (χ1) is 8.34. The van der Waals surface area contributed by atoms with Crippen LogP contribution in [-0.2, 0) is 11.8 Å². The maximum Gasteiger partial charge on any atom is 0.159 e. The molecule has 0 spiro atoms. The summed E-state index contributed by atoms with van der Waals surface area (Å²) in [5.41, 5.74) is 2.04. The van der Waals surface area contributed by atoms with E-state index in [0.29, 0.717) is 6.04 Å². The summed E-state index contributed by atoms with van der Waals surface area (Å²) in [6.07, 6.45) is 5.81. The summed E-state index contributed by atoms with van der Waals surface area (Å²) in [7, 11) is 1.91. The van der Waals surface area contributed by atoms with E-state index in [1.807, 2.05) is 25.5 Å². The van der Waals surface area contributed by atoms with E-state index < -0.39 is 0 Å². The summed E-state index contributed by atoms with van der Waals surface area (Å²) < 4.78 is 7.16. The molecule has 1 N–H and O–H groups in total. The van der Waals surface area contributed by atoms with E-state index in [2.05, 4.69) is 15.4 Å². The maximum absolute atomic E-state index is 5.36. The third-order valence-electron chi connectivity index (χ3n) is 3.22. The Morgan fingerprint density at radius 1 is 1.41 bits per heavy atom. The number of fused-ring (bicyclic) bond motifs is 1. The van der Waals surface area contributed by atoms with Crippen LogP contribution in [0.2, 0.25) is 0 Å². The third kappa shape index (κ3) is 1.98. The predicted octanol–water partition coefficient (Wildman–Crippen LogP) is 1.56. The van der Waals surface area contributed by atoms with Crippen molar-refractivity contribution in [1.29, 1.82) is 0 Å². The molecule has 17 heavy (non-hydrogen) atoms. The molecule has 1 saturated heterocycles. The molecule has 5 nitrogen and oxygen atoms in total. The van der Waals surface area contributed by atoms with Crippen molar-refractivity contribution in [2.45, 2.75) is 18.9 Å². The lowest BCUT2D eigenvalue weighted by Crippen LogP contribution is -2.27. The number of aryl methyl sites for hydroxylation is 1. The number of hydrogen-bond donors (Lipinski definition) is 1. The van der Waals surface area contributed by atoms with Gasteiger partial charge in [0.25, 0.3) is 0 Å². The van der Waals surface area contributed by atoms with Gasteiger partial charge >= 0.3 is 0 Å². The van der Waals surface area contributed by atoms with Gasteiger partial charge in [-0.3, -0.25) is 4.68 Å². The van der Waals surface area contributed by atoms with Crippen LogP contribution in [0.5, 0.6) is 0 Å². The highest BCUT2D eigenvalue weighted by atomic mass is 16.5. The van der Waals surface area contributed by atoms with Gasteiger partial charge in [0.05, 0.1) is 11.6 Å². The highest BCUT2D eigenvalue weighted by Gasteiger charge is 2.15. The molecule has 2 aromatic heterocycles. The molecule has 0 unspecified atom stereocenters. The topological polar surface area (TPSA) is 52.0 Å². The summed E-state index contributed by atoms with van der Waals surface area (Å²) in [4.78, 5) is 4.33. The van der Waals surface area contributed by atoms with Gasteiger partial charge in [-0.1, -0.05) is 0 Å². The van der Waals surface area contributed by atoms with Crippen molar-refractivity contribution < 1.29 is 4.74 Å². The molecule has 3 heterocycles. The van der Waals surface area contributed by atoms with Crippen molar-refractivity contribution >= 4 is 16.7 Å². The molecule has 2 aromatic rings. The average molecular weight is 232 g/mol. The first kappa shape index (κ1) is 10.5. The summed E-state index contributed by atoms with van der Waals surface area (Å²) in [5, 5.41) is 8.89. The Morgan fingerprint density at radius 2 is 2.24 bits per heavy atom. The van der Waals surface area contributed by atoms with E-state index in [0.717, 1.165) is 42.8 Å². The molecular formula is C12H16N4O. The summed E-state index contributed by atoms with van der Waals surface area (Å²) in [6.45, 7) is 1.69. The number of aromatic nitrogens is 3. The van der Waals surface area contributed by atoms with E-state index >= 15 is 0 Å². The van der Waals surface area contributed by atoms with Gasteiger partial charge in [0.2, 0.25) is 0 Å². The lowest BCUT2D eigenvalue weighted by atomic mass is 10.1. The monoisotopic (exact) mass is 232 g/mol. The number of nitrogens with one attached hydrogen (secondary N) is 1. The fourth-order valence-corrected chi connectivity index (χ4v) is 2.23. The van der Waals surface area contributed by atoms with Crippen LogP contribution in [0, 0.1) is 0 Å². The third-order valence-corrected chi connectivity index (χ3v) is 3.22. The van der Waals surface area contributed by atoms with Gasteiger partial charge < -0.3 is 10.1 Å². The number of hydrogen-bond acceptors (Lipinski definition) is 4. The lowest BCUT2D eigenvalue weighted by Gasteiger charge is -2.24. The van der Waals surface area contributed by atoms with Crippen molar-refractivity contribution in [1.82, 2.24) is 14.8 Å². The first-order valence-corrected chi connectivity index (χ1v) is 5.95. The van der Waals surface area contributed by atoms with Gasteiger partial charge in [-0.25, -0.2) is 4.98 Å². The SMILES string of the molecule is Cn1ncc2c(NC3CCOCC3)ccnc21. The summed E-state index contributed by atoms with van der Waals surface area (Å²) in [5.74, 6) is 0. The molecule has 0 aliphatic carbocycles. The van der Waals surface area contributed by atoms with Crippen molar-refractivity contribution in [2.24, 2.45) is 7.05 Å². The molecular weight excluding hydrogens is 216 g/mol. The largest absolute Gasteiger partial charge is 0.381 e. The van der Waals surface area contributed by atoms with Crippen LogP contribution in [0.4, 0.5) is 5.69 Å². The highest BCUT2D eigenvalue weighted by Crippen LogP contribution is 2.23. The van der Waals surface area contributed by atoms with Crippen molar-refractivity contribution in [3.8, 4) is 0 Å². The van der Waals surface area contributed by atoms with Crippen LogP contribution in [0.15, 0.2) is 18.5 Å².